The lowest BCUT2D eigenvalue weighted by molar-refractivity contribution is -0.0600. The molecule has 4 fully saturated rings. The van der Waals surface area contributed by atoms with E-state index in [1.54, 1.807) is 0 Å². The van der Waals surface area contributed by atoms with Gasteiger partial charge >= 0.3 is 6.09 Å². The van der Waals surface area contributed by atoms with Gasteiger partial charge in [-0.05, 0) is 131 Å². The Morgan fingerprint density at radius 3 is 2.60 bits per heavy atom. The van der Waals surface area contributed by atoms with Crippen LogP contribution in [-0.2, 0) is 11.2 Å². The SMILES string of the molecule is CCOC1CCC2C3CCc4cc(OC(=O)N5CCC(N6CCCC6)CC5)ccc4C3CCC12C. The van der Waals surface area contributed by atoms with Crippen LogP contribution in [0.25, 0.3) is 0 Å². The Morgan fingerprint density at radius 2 is 1.83 bits per heavy atom. The van der Waals surface area contributed by atoms with Crippen molar-refractivity contribution in [3.63, 3.8) is 0 Å². The molecular weight excluding hydrogens is 436 g/mol. The van der Waals surface area contributed by atoms with Crippen LogP contribution in [0.1, 0.15) is 88.7 Å². The molecule has 5 unspecified atom stereocenters. The normalized spacial score (nSPS) is 35.4. The van der Waals surface area contributed by atoms with Crippen LogP contribution in [0.2, 0.25) is 0 Å². The summed E-state index contributed by atoms with van der Waals surface area (Å²) in [6, 6.07) is 7.17. The number of piperidine rings is 1. The number of ether oxygens (including phenoxy) is 2. The number of rotatable bonds is 4. The molecule has 0 radical (unpaired) electrons. The zero-order chi connectivity index (χ0) is 24.0. The van der Waals surface area contributed by atoms with E-state index in [2.05, 4.69) is 36.9 Å². The summed E-state index contributed by atoms with van der Waals surface area (Å²) >= 11 is 0. The third-order valence-electron chi connectivity index (χ3n) is 10.6. The van der Waals surface area contributed by atoms with Crippen molar-refractivity contribution in [2.24, 2.45) is 17.3 Å². The molecule has 0 spiro atoms. The summed E-state index contributed by atoms with van der Waals surface area (Å²) in [6.45, 7) is 9.59. The average molecular weight is 481 g/mol. The molecular formula is C30H44N2O3. The summed E-state index contributed by atoms with van der Waals surface area (Å²) in [6.07, 6.45) is 12.5. The molecule has 192 valence electrons. The fourth-order valence-corrected chi connectivity index (χ4v) is 8.73. The molecule has 5 heteroatoms. The number of carbonyl (C=O) groups excluding carboxylic acids is 1. The predicted octanol–water partition coefficient (Wildman–Crippen LogP) is 6.01. The molecule has 2 saturated heterocycles. The summed E-state index contributed by atoms with van der Waals surface area (Å²) in [5, 5.41) is 0. The summed E-state index contributed by atoms with van der Waals surface area (Å²) in [4.78, 5) is 17.5. The van der Waals surface area contributed by atoms with Crippen LogP contribution in [0.4, 0.5) is 4.79 Å². The lowest BCUT2D eigenvalue weighted by atomic mass is 9.55. The molecule has 1 aromatic rings. The van der Waals surface area contributed by atoms with Gasteiger partial charge in [0.25, 0.3) is 0 Å². The van der Waals surface area contributed by atoms with Crippen molar-refractivity contribution in [1.82, 2.24) is 9.80 Å². The van der Waals surface area contributed by atoms with E-state index in [0.717, 1.165) is 56.5 Å². The third kappa shape index (κ3) is 4.31. The Bertz CT molecular complexity index is 920. The number of fused-ring (bicyclic) bond motifs is 5. The highest BCUT2D eigenvalue weighted by Gasteiger charge is 2.55. The lowest BCUT2D eigenvalue weighted by Gasteiger charge is -2.50. The zero-order valence-corrected chi connectivity index (χ0v) is 21.8. The topological polar surface area (TPSA) is 42.0 Å². The Balaban J connectivity index is 1.09. The number of hydrogen-bond acceptors (Lipinski definition) is 4. The Kier molecular flexibility index (Phi) is 6.59. The van der Waals surface area contributed by atoms with Crippen LogP contribution in [-0.4, -0.2) is 60.8 Å². The molecule has 1 amide bonds. The number of hydrogen-bond donors (Lipinski definition) is 0. The van der Waals surface area contributed by atoms with Crippen LogP contribution in [0.3, 0.4) is 0 Å². The molecule has 3 aliphatic carbocycles. The van der Waals surface area contributed by atoms with Gasteiger partial charge in [-0.3, -0.25) is 0 Å². The molecule has 0 aromatic heterocycles. The highest BCUT2D eigenvalue weighted by atomic mass is 16.6. The van der Waals surface area contributed by atoms with Gasteiger partial charge in [0.05, 0.1) is 6.10 Å². The summed E-state index contributed by atoms with van der Waals surface area (Å²) < 4.78 is 12.1. The van der Waals surface area contributed by atoms with Gasteiger partial charge in [0.2, 0.25) is 0 Å². The summed E-state index contributed by atoms with van der Waals surface area (Å²) in [7, 11) is 0. The number of aryl methyl sites for hydroxylation is 1. The number of benzene rings is 1. The minimum Gasteiger partial charge on any atom is -0.410 e. The molecule has 2 heterocycles. The maximum atomic E-state index is 12.9. The van der Waals surface area contributed by atoms with Crippen molar-refractivity contribution < 1.29 is 14.3 Å². The van der Waals surface area contributed by atoms with Crippen LogP contribution < -0.4 is 4.74 Å². The van der Waals surface area contributed by atoms with Crippen molar-refractivity contribution in [2.75, 3.05) is 32.8 Å². The maximum Gasteiger partial charge on any atom is 0.415 e. The Hall–Kier alpha value is -1.59. The van der Waals surface area contributed by atoms with Crippen LogP contribution >= 0.6 is 0 Å². The number of nitrogens with zero attached hydrogens (tertiary/aromatic N) is 2. The van der Waals surface area contributed by atoms with Crippen molar-refractivity contribution in [3.05, 3.63) is 29.3 Å². The van der Waals surface area contributed by atoms with E-state index in [9.17, 15) is 4.79 Å². The van der Waals surface area contributed by atoms with E-state index in [0.29, 0.717) is 23.5 Å². The van der Waals surface area contributed by atoms with Crippen molar-refractivity contribution in [1.29, 1.82) is 0 Å². The molecule has 2 aliphatic heterocycles. The maximum absolute atomic E-state index is 12.9. The lowest BCUT2D eigenvalue weighted by Crippen LogP contribution is -2.46. The molecule has 6 rings (SSSR count). The monoisotopic (exact) mass is 480 g/mol. The van der Waals surface area contributed by atoms with Crippen LogP contribution in [0, 0.1) is 17.3 Å². The van der Waals surface area contributed by atoms with Gasteiger partial charge in [-0.2, -0.15) is 0 Å². The molecule has 0 bridgehead atoms. The highest BCUT2D eigenvalue weighted by Crippen LogP contribution is 2.61. The first-order valence-electron chi connectivity index (χ1n) is 14.5. The van der Waals surface area contributed by atoms with Gasteiger partial charge in [-0.1, -0.05) is 13.0 Å². The summed E-state index contributed by atoms with van der Waals surface area (Å²) in [5.41, 5.74) is 3.29. The fourth-order valence-electron chi connectivity index (χ4n) is 8.73. The van der Waals surface area contributed by atoms with Gasteiger partial charge in [0, 0.05) is 25.7 Å². The number of amides is 1. The number of carbonyl (C=O) groups is 1. The predicted molar refractivity (Wildman–Crippen MR) is 138 cm³/mol. The quantitative estimate of drug-likeness (QED) is 0.529. The molecule has 5 nitrogen and oxygen atoms in total. The van der Waals surface area contributed by atoms with E-state index in [4.69, 9.17) is 9.47 Å². The minimum absolute atomic E-state index is 0.167. The molecule has 5 aliphatic rings. The van der Waals surface area contributed by atoms with Crippen molar-refractivity contribution >= 4 is 6.09 Å². The van der Waals surface area contributed by atoms with Gasteiger partial charge in [-0.25, -0.2) is 4.79 Å². The van der Waals surface area contributed by atoms with Gasteiger partial charge in [0.15, 0.2) is 0 Å². The van der Waals surface area contributed by atoms with E-state index in [-0.39, 0.29) is 6.09 Å². The second kappa shape index (κ2) is 9.70. The molecule has 1 aromatic carbocycles. The van der Waals surface area contributed by atoms with Crippen LogP contribution in [0.5, 0.6) is 5.75 Å². The smallest absolute Gasteiger partial charge is 0.410 e. The summed E-state index contributed by atoms with van der Waals surface area (Å²) in [5.74, 6) is 2.95. The standard InChI is InChI=1S/C30H44N2O3/c1-3-34-28-11-10-27-26-8-6-21-20-23(7-9-24(21)25(26)12-15-30(27,28)2)35-29(33)32-18-13-22(14-19-32)31-16-4-5-17-31/h7,9,20,22,25-28H,3-6,8,10-19H2,1-2H3. The van der Waals surface area contributed by atoms with Gasteiger partial charge < -0.3 is 19.3 Å². The Labute approximate surface area is 211 Å². The fraction of sp³-hybridized carbons (Fsp3) is 0.767. The molecule has 0 N–H and O–H groups in total. The van der Waals surface area contributed by atoms with E-state index in [1.807, 2.05) is 4.90 Å². The van der Waals surface area contributed by atoms with Gasteiger partial charge in [0.1, 0.15) is 5.75 Å². The average Bonchev–Trinajstić information content (AvgIpc) is 3.53. The molecule has 2 saturated carbocycles. The van der Waals surface area contributed by atoms with Crippen molar-refractivity contribution in [3.8, 4) is 5.75 Å². The molecule has 35 heavy (non-hydrogen) atoms. The Morgan fingerprint density at radius 1 is 1.03 bits per heavy atom. The van der Waals surface area contributed by atoms with Gasteiger partial charge in [-0.15, -0.1) is 0 Å². The zero-order valence-electron chi connectivity index (χ0n) is 21.8. The third-order valence-corrected chi connectivity index (χ3v) is 10.6. The first kappa shape index (κ1) is 23.8. The first-order chi connectivity index (χ1) is 17.1. The molecule has 5 atom stereocenters. The van der Waals surface area contributed by atoms with E-state index >= 15 is 0 Å². The van der Waals surface area contributed by atoms with E-state index < -0.39 is 0 Å². The number of likely N-dealkylation sites (tertiary alicyclic amines) is 2. The van der Waals surface area contributed by atoms with Crippen LogP contribution in [0.15, 0.2) is 18.2 Å². The van der Waals surface area contributed by atoms with E-state index in [1.165, 1.54) is 69.2 Å². The first-order valence-corrected chi connectivity index (χ1v) is 14.5. The van der Waals surface area contributed by atoms with Crippen molar-refractivity contribution in [2.45, 2.75) is 96.1 Å². The minimum atomic E-state index is -0.167. The highest BCUT2D eigenvalue weighted by molar-refractivity contribution is 5.71. The second-order valence-electron chi connectivity index (χ2n) is 12.2. The largest absolute Gasteiger partial charge is 0.415 e. The second-order valence-corrected chi connectivity index (χ2v) is 12.2.